The van der Waals surface area contributed by atoms with Crippen LogP contribution in [0, 0.1) is 0 Å². The van der Waals surface area contributed by atoms with Crippen LogP contribution in [-0.2, 0) is 6.42 Å². The fraction of sp³-hybridized carbons (Fsp3) is 0.100. The van der Waals surface area contributed by atoms with E-state index < -0.39 is 0 Å². The summed E-state index contributed by atoms with van der Waals surface area (Å²) in [6, 6.07) is 18.2. The maximum absolute atomic E-state index is 12.3. The highest BCUT2D eigenvalue weighted by Crippen LogP contribution is 2.18. The molecule has 3 aromatic rings. The first-order valence-electron chi connectivity index (χ1n) is 8.01. The van der Waals surface area contributed by atoms with Crippen LogP contribution in [0.25, 0.3) is 0 Å². The normalized spacial score (nSPS) is 10.3. The minimum absolute atomic E-state index is 0.159. The van der Waals surface area contributed by atoms with E-state index in [9.17, 15) is 9.59 Å². The lowest BCUT2D eigenvalue weighted by molar-refractivity contribution is 0.102. The lowest BCUT2D eigenvalue weighted by atomic mass is 10.1. The summed E-state index contributed by atoms with van der Waals surface area (Å²) < 4.78 is 0. The van der Waals surface area contributed by atoms with Gasteiger partial charge in [0.1, 0.15) is 0 Å². The Morgan fingerprint density at radius 2 is 1.56 bits per heavy atom. The number of anilines is 2. The molecule has 0 bridgehead atoms. The van der Waals surface area contributed by atoms with E-state index in [2.05, 4.69) is 17.6 Å². The molecule has 25 heavy (non-hydrogen) atoms. The molecule has 0 aliphatic rings. The molecule has 2 N–H and O–H groups in total. The van der Waals surface area contributed by atoms with Gasteiger partial charge in [-0.25, -0.2) is 0 Å². The van der Waals surface area contributed by atoms with Gasteiger partial charge in [0, 0.05) is 16.9 Å². The summed E-state index contributed by atoms with van der Waals surface area (Å²) in [6.45, 7) is 2.07. The predicted octanol–water partition coefficient (Wildman–Crippen LogP) is 4.82. The molecule has 0 radical (unpaired) electrons. The zero-order valence-electron chi connectivity index (χ0n) is 13.8. The molecule has 3 rings (SSSR count). The third-order valence-corrected chi connectivity index (χ3v) is 4.62. The second kappa shape index (κ2) is 7.77. The second-order valence-corrected chi connectivity index (χ2v) is 6.46. The second-order valence-electron chi connectivity index (χ2n) is 5.52. The van der Waals surface area contributed by atoms with Crippen LogP contribution in [0.3, 0.4) is 0 Å². The molecule has 1 aromatic heterocycles. The van der Waals surface area contributed by atoms with Gasteiger partial charge in [-0.1, -0.05) is 31.2 Å². The van der Waals surface area contributed by atoms with Crippen LogP contribution in [0.2, 0.25) is 0 Å². The van der Waals surface area contributed by atoms with Gasteiger partial charge in [-0.2, -0.15) is 0 Å². The van der Waals surface area contributed by atoms with E-state index in [1.807, 2.05) is 35.7 Å². The third-order valence-electron chi connectivity index (χ3n) is 3.75. The summed E-state index contributed by atoms with van der Waals surface area (Å²) in [6.07, 6.45) is 0.938. The Kier molecular flexibility index (Phi) is 5.26. The molecule has 1 heterocycles. The van der Waals surface area contributed by atoms with Gasteiger partial charge in [0.15, 0.2) is 0 Å². The highest BCUT2D eigenvalue weighted by molar-refractivity contribution is 7.12. The highest BCUT2D eigenvalue weighted by Gasteiger charge is 2.09. The smallest absolute Gasteiger partial charge is 0.265 e. The van der Waals surface area contributed by atoms with E-state index in [0.717, 1.165) is 6.42 Å². The highest BCUT2D eigenvalue weighted by atomic mass is 32.1. The first-order valence-corrected chi connectivity index (χ1v) is 8.89. The molecule has 2 aromatic carbocycles. The number of aryl methyl sites for hydroxylation is 1. The SMILES string of the molecule is CCc1ccc(C(=O)Nc2cccc(NC(=O)c3cccs3)c2)cc1. The summed E-state index contributed by atoms with van der Waals surface area (Å²) in [7, 11) is 0. The van der Waals surface area contributed by atoms with Crippen molar-refractivity contribution in [3.05, 3.63) is 82.0 Å². The first-order chi connectivity index (χ1) is 12.2. The fourth-order valence-electron chi connectivity index (χ4n) is 2.37. The third kappa shape index (κ3) is 4.33. The van der Waals surface area contributed by atoms with E-state index in [0.29, 0.717) is 21.8 Å². The summed E-state index contributed by atoms with van der Waals surface area (Å²) in [5, 5.41) is 7.55. The van der Waals surface area contributed by atoms with Crippen molar-refractivity contribution < 1.29 is 9.59 Å². The molecule has 0 aliphatic heterocycles. The van der Waals surface area contributed by atoms with Crippen LogP contribution in [-0.4, -0.2) is 11.8 Å². The average Bonchev–Trinajstić information content (AvgIpc) is 3.17. The molecule has 0 saturated heterocycles. The zero-order chi connectivity index (χ0) is 17.6. The van der Waals surface area contributed by atoms with E-state index in [4.69, 9.17) is 0 Å². The number of carbonyl (C=O) groups excluding carboxylic acids is 2. The van der Waals surface area contributed by atoms with E-state index in [1.54, 1.807) is 30.3 Å². The quantitative estimate of drug-likeness (QED) is 0.693. The van der Waals surface area contributed by atoms with Crippen LogP contribution in [0.1, 0.15) is 32.5 Å². The number of rotatable bonds is 5. The molecule has 0 saturated carbocycles. The molecule has 126 valence electrons. The van der Waals surface area contributed by atoms with Crippen LogP contribution in [0.4, 0.5) is 11.4 Å². The maximum Gasteiger partial charge on any atom is 0.265 e. The Balaban J connectivity index is 1.68. The summed E-state index contributed by atoms with van der Waals surface area (Å²) >= 11 is 1.38. The number of amides is 2. The van der Waals surface area contributed by atoms with Gasteiger partial charge in [-0.15, -0.1) is 11.3 Å². The maximum atomic E-state index is 12.3. The average molecular weight is 350 g/mol. The topological polar surface area (TPSA) is 58.2 Å². The van der Waals surface area contributed by atoms with Crippen molar-refractivity contribution in [2.24, 2.45) is 0 Å². The lowest BCUT2D eigenvalue weighted by Gasteiger charge is -2.09. The molecule has 0 fully saturated rings. The molecule has 2 amide bonds. The molecule has 0 spiro atoms. The van der Waals surface area contributed by atoms with Gasteiger partial charge in [0.25, 0.3) is 11.8 Å². The van der Waals surface area contributed by atoms with Crippen LogP contribution >= 0.6 is 11.3 Å². The Morgan fingerprint density at radius 1 is 0.880 bits per heavy atom. The van der Waals surface area contributed by atoms with Gasteiger partial charge in [-0.3, -0.25) is 9.59 Å². The van der Waals surface area contributed by atoms with Crippen molar-refractivity contribution in [1.29, 1.82) is 0 Å². The Labute approximate surface area is 150 Å². The minimum Gasteiger partial charge on any atom is -0.322 e. The monoisotopic (exact) mass is 350 g/mol. The lowest BCUT2D eigenvalue weighted by Crippen LogP contribution is -2.13. The number of hydrogen-bond acceptors (Lipinski definition) is 3. The number of nitrogens with one attached hydrogen (secondary N) is 2. The van der Waals surface area contributed by atoms with Crippen molar-refractivity contribution in [3.63, 3.8) is 0 Å². The van der Waals surface area contributed by atoms with Gasteiger partial charge in [-0.05, 0) is 53.8 Å². The standard InChI is InChI=1S/C20H18N2O2S/c1-2-14-8-10-15(11-9-14)19(23)21-16-5-3-6-17(13-16)22-20(24)18-7-4-12-25-18/h3-13H,2H2,1H3,(H,21,23)(H,22,24). The number of hydrogen-bond donors (Lipinski definition) is 2. The molecule has 0 aliphatic carbocycles. The summed E-state index contributed by atoms with van der Waals surface area (Å²) in [5.74, 6) is -0.335. The number of benzene rings is 2. The van der Waals surface area contributed by atoms with Crippen molar-refractivity contribution >= 4 is 34.5 Å². The molecular formula is C20H18N2O2S. The predicted molar refractivity (Wildman–Crippen MR) is 102 cm³/mol. The van der Waals surface area contributed by atoms with Crippen LogP contribution < -0.4 is 10.6 Å². The number of carbonyl (C=O) groups is 2. The van der Waals surface area contributed by atoms with Gasteiger partial charge >= 0.3 is 0 Å². The van der Waals surface area contributed by atoms with Crippen LogP contribution in [0.5, 0.6) is 0 Å². The molecular weight excluding hydrogens is 332 g/mol. The van der Waals surface area contributed by atoms with Gasteiger partial charge in [0.05, 0.1) is 4.88 Å². The summed E-state index contributed by atoms with van der Waals surface area (Å²) in [4.78, 5) is 25.1. The fourth-order valence-corrected chi connectivity index (χ4v) is 2.99. The van der Waals surface area contributed by atoms with Crippen molar-refractivity contribution in [2.45, 2.75) is 13.3 Å². The zero-order valence-corrected chi connectivity index (χ0v) is 14.6. The van der Waals surface area contributed by atoms with E-state index >= 15 is 0 Å². The largest absolute Gasteiger partial charge is 0.322 e. The minimum atomic E-state index is -0.176. The van der Waals surface area contributed by atoms with E-state index in [1.165, 1.54) is 16.9 Å². The molecule has 5 heteroatoms. The molecule has 0 atom stereocenters. The Bertz CT molecular complexity index is 871. The molecule has 0 unspecified atom stereocenters. The van der Waals surface area contributed by atoms with Crippen LogP contribution in [0.15, 0.2) is 66.0 Å². The Hall–Kier alpha value is -2.92. The van der Waals surface area contributed by atoms with E-state index in [-0.39, 0.29) is 11.8 Å². The Morgan fingerprint density at radius 3 is 2.16 bits per heavy atom. The molecule has 4 nitrogen and oxygen atoms in total. The first kappa shape index (κ1) is 16.9. The van der Waals surface area contributed by atoms with Gasteiger partial charge < -0.3 is 10.6 Å². The summed E-state index contributed by atoms with van der Waals surface area (Å²) in [5.41, 5.74) is 3.06. The van der Waals surface area contributed by atoms with Crippen molar-refractivity contribution in [1.82, 2.24) is 0 Å². The van der Waals surface area contributed by atoms with Crippen molar-refractivity contribution in [3.8, 4) is 0 Å². The van der Waals surface area contributed by atoms with Gasteiger partial charge in [0.2, 0.25) is 0 Å². The van der Waals surface area contributed by atoms with Crippen molar-refractivity contribution in [2.75, 3.05) is 10.6 Å². The number of thiophene rings is 1.